The minimum Gasteiger partial charge on any atom is -0.379 e. The van der Waals surface area contributed by atoms with Gasteiger partial charge in [0.1, 0.15) is 0 Å². The molecule has 0 unspecified atom stereocenters. The molecule has 0 spiro atoms. The fourth-order valence-electron chi connectivity index (χ4n) is 3.95. The van der Waals surface area contributed by atoms with Crippen LogP contribution in [0.25, 0.3) is 0 Å². The number of ether oxygens (including phenoxy) is 1. The van der Waals surface area contributed by atoms with Crippen molar-refractivity contribution in [2.24, 2.45) is 0 Å². The third-order valence-electron chi connectivity index (χ3n) is 5.72. The summed E-state index contributed by atoms with van der Waals surface area (Å²) in [6.45, 7) is 9.28. The number of anilines is 1. The number of aryl methyl sites for hydroxylation is 1. The summed E-state index contributed by atoms with van der Waals surface area (Å²) >= 11 is 0. The molecule has 3 aromatic rings. The Labute approximate surface area is 178 Å². The highest BCUT2D eigenvalue weighted by Crippen LogP contribution is 2.19. The number of morpholine rings is 1. The van der Waals surface area contributed by atoms with Crippen molar-refractivity contribution in [3.63, 3.8) is 0 Å². The third-order valence-corrected chi connectivity index (χ3v) is 5.72. The lowest BCUT2D eigenvalue weighted by atomic mass is 10.1. The highest BCUT2D eigenvalue weighted by atomic mass is 16.5. The number of hydrogen-bond acceptors (Lipinski definition) is 3. The number of amides is 1. The van der Waals surface area contributed by atoms with Crippen LogP contribution in [-0.2, 0) is 17.8 Å². The first-order chi connectivity index (χ1) is 14.6. The number of aromatic nitrogens is 1. The lowest BCUT2D eigenvalue weighted by Crippen LogP contribution is -2.35. The van der Waals surface area contributed by atoms with Gasteiger partial charge in [0, 0.05) is 43.3 Å². The summed E-state index contributed by atoms with van der Waals surface area (Å²) in [6.07, 6.45) is 0. The lowest BCUT2D eigenvalue weighted by molar-refractivity contribution is 0.0342. The van der Waals surface area contributed by atoms with E-state index in [1.54, 1.807) is 0 Å². The van der Waals surface area contributed by atoms with Gasteiger partial charge in [0.25, 0.3) is 5.91 Å². The van der Waals surface area contributed by atoms with E-state index >= 15 is 0 Å². The molecule has 0 atom stereocenters. The van der Waals surface area contributed by atoms with Gasteiger partial charge < -0.3 is 14.6 Å². The first-order valence-corrected chi connectivity index (χ1v) is 10.5. The van der Waals surface area contributed by atoms with Gasteiger partial charge in [-0.25, -0.2) is 0 Å². The molecule has 1 saturated heterocycles. The van der Waals surface area contributed by atoms with E-state index < -0.39 is 0 Å². The Morgan fingerprint density at radius 3 is 2.30 bits per heavy atom. The van der Waals surface area contributed by atoms with Crippen LogP contribution in [0.3, 0.4) is 0 Å². The van der Waals surface area contributed by atoms with E-state index in [4.69, 9.17) is 4.74 Å². The van der Waals surface area contributed by atoms with Gasteiger partial charge in [-0.2, -0.15) is 0 Å². The molecular formula is C25H29N3O2. The standard InChI is InChI=1S/C25H29N3O2/c1-19-16-24(20(2)28(19)18-21-6-4-3-5-7-21)25(29)26-23-10-8-22(9-11-23)17-27-12-14-30-15-13-27/h3-11,16H,12-15,17-18H2,1-2H3,(H,26,29). The first-order valence-electron chi connectivity index (χ1n) is 10.5. The lowest BCUT2D eigenvalue weighted by Gasteiger charge is -2.26. The average Bonchev–Trinajstić information content (AvgIpc) is 3.05. The number of rotatable bonds is 6. The van der Waals surface area contributed by atoms with Crippen LogP contribution in [0.2, 0.25) is 0 Å². The van der Waals surface area contributed by atoms with Crippen LogP contribution in [0.1, 0.15) is 32.9 Å². The maximum atomic E-state index is 12.9. The minimum atomic E-state index is -0.0664. The van der Waals surface area contributed by atoms with Gasteiger partial charge in [-0.3, -0.25) is 9.69 Å². The van der Waals surface area contributed by atoms with Gasteiger partial charge in [0.15, 0.2) is 0 Å². The molecule has 1 aliphatic heterocycles. The summed E-state index contributed by atoms with van der Waals surface area (Å²) in [7, 11) is 0. The Bertz CT molecular complexity index is 987. The second kappa shape index (κ2) is 9.28. The molecule has 1 N–H and O–H groups in total. The highest BCUT2D eigenvalue weighted by molar-refractivity contribution is 6.05. The summed E-state index contributed by atoms with van der Waals surface area (Å²) in [5.41, 5.74) is 6.08. The Morgan fingerprint density at radius 2 is 1.60 bits per heavy atom. The number of hydrogen-bond donors (Lipinski definition) is 1. The monoisotopic (exact) mass is 403 g/mol. The smallest absolute Gasteiger partial charge is 0.257 e. The largest absolute Gasteiger partial charge is 0.379 e. The Hall–Kier alpha value is -2.89. The maximum Gasteiger partial charge on any atom is 0.257 e. The molecule has 1 aromatic heterocycles. The molecule has 2 heterocycles. The minimum absolute atomic E-state index is 0.0664. The summed E-state index contributed by atoms with van der Waals surface area (Å²) in [6, 6.07) is 20.4. The first kappa shape index (κ1) is 20.4. The van der Waals surface area contributed by atoms with Gasteiger partial charge >= 0.3 is 0 Å². The van der Waals surface area contributed by atoms with Crippen LogP contribution in [0, 0.1) is 13.8 Å². The van der Waals surface area contributed by atoms with Crippen molar-refractivity contribution < 1.29 is 9.53 Å². The molecule has 0 radical (unpaired) electrons. The third kappa shape index (κ3) is 4.81. The fraction of sp³-hybridized carbons (Fsp3) is 0.320. The molecule has 30 heavy (non-hydrogen) atoms. The molecule has 156 valence electrons. The van der Waals surface area contributed by atoms with Crippen LogP contribution < -0.4 is 5.32 Å². The topological polar surface area (TPSA) is 46.5 Å². The number of benzene rings is 2. The van der Waals surface area contributed by atoms with E-state index in [0.29, 0.717) is 0 Å². The van der Waals surface area contributed by atoms with E-state index in [9.17, 15) is 4.79 Å². The zero-order valence-corrected chi connectivity index (χ0v) is 17.7. The molecule has 5 heteroatoms. The van der Waals surface area contributed by atoms with E-state index in [1.807, 2.05) is 50.2 Å². The van der Waals surface area contributed by atoms with Gasteiger partial charge in [-0.15, -0.1) is 0 Å². The summed E-state index contributed by atoms with van der Waals surface area (Å²) < 4.78 is 7.59. The molecule has 1 amide bonds. The number of carbonyl (C=O) groups excluding carboxylic acids is 1. The number of nitrogens with one attached hydrogen (secondary N) is 1. The Kier molecular flexibility index (Phi) is 6.31. The molecule has 4 rings (SSSR count). The molecule has 1 fully saturated rings. The van der Waals surface area contributed by atoms with Crippen molar-refractivity contribution in [1.82, 2.24) is 9.47 Å². The van der Waals surface area contributed by atoms with Crippen LogP contribution in [0.4, 0.5) is 5.69 Å². The van der Waals surface area contributed by atoms with Gasteiger partial charge in [0.2, 0.25) is 0 Å². The molecule has 2 aromatic carbocycles. The van der Waals surface area contributed by atoms with Crippen LogP contribution >= 0.6 is 0 Å². The van der Waals surface area contributed by atoms with Crippen molar-refractivity contribution in [3.8, 4) is 0 Å². The van der Waals surface area contributed by atoms with Gasteiger partial charge in [-0.05, 0) is 43.2 Å². The zero-order chi connectivity index (χ0) is 20.9. The van der Waals surface area contributed by atoms with Crippen molar-refractivity contribution in [3.05, 3.63) is 88.7 Å². The van der Waals surface area contributed by atoms with Gasteiger partial charge in [0.05, 0.1) is 18.8 Å². The van der Waals surface area contributed by atoms with Crippen LogP contribution in [0.15, 0.2) is 60.7 Å². The predicted octanol–water partition coefficient (Wildman–Crippen LogP) is 4.24. The summed E-state index contributed by atoms with van der Waals surface area (Å²) in [5.74, 6) is -0.0664. The second-order valence-corrected chi connectivity index (χ2v) is 7.90. The Balaban J connectivity index is 1.41. The van der Waals surface area contributed by atoms with Crippen molar-refractivity contribution in [2.45, 2.75) is 26.9 Å². The van der Waals surface area contributed by atoms with E-state index in [1.165, 1.54) is 11.1 Å². The molecule has 0 saturated carbocycles. The SMILES string of the molecule is Cc1cc(C(=O)Nc2ccc(CN3CCOCC3)cc2)c(C)n1Cc1ccccc1. The number of nitrogens with zero attached hydrogens (tertiary/aromatic N) is 2. The second-order valence-electron chi connectivity index (χ2n) is 7.90. The molecule has 1 aliphatic rings. The van der Waals surface area contributed by atoms with Crippen molar-refractivity contribution >= 4 is 11.6 Å². The summed E-state index contributed by atoms with van der Waals surface area (Å²) in [4.78, 5) is 15.3. The molecule has 5 nitrogen and oxygen atoms in total. The van der Waals surface area contributed by atoms with E-state index in [0.717, 1.165) is 62.0 Å². The normalized spacial score (nSPS) is 14.6. The average molecular weight is 404 g/mol. The Morgan fingerprint density at radius 1 is 0.933 bits per heavy atom. The summed E-state index contributed by atoms with van der Waals surface area (Å²) in [5, 5.41) is 3.05. The van der Waals surface area contributed by atoms with Crippen molar-refractivity contribution in [2.75, 3.05) is 31.6 Å². The van der Waals surface area contributed by atoms with E-state index in [-0.39, 0.29) is 5.91 Å². The van der Waals surface area contributed by atoms with Crippen LogP contribution in [0.5, 0.6) is 0 Å². The maximum absolute atomic E-state index is 12.9. The zero-order valence-electron chi connectivity index (χ0n) is 17.7. The number of carbonyl (C=O) groups is 1. The molecule has 0 bridgehead atoms. The highest BCUT2D eigenvalue weighted by Gasteiger charge is 2.16. The van der Waals surface area contributed by atoms with Gasteiger partial charge in [-0.1, -0.05) is 42.5 Å². The molecular weight excluding hydrogens is 374 g/mol. The van der Waals surface area contributed by atoms with Crippen LogP contribution in [-0.4, -0.2) is 41.7 Å². The quantitative estimate of drug-likeness (QED) is 0.670. The van der Waals surface area contributed by atoms with Crippen molar-refractivity contribution in [1.29, 1.82) is 0 Å². The van der Waals surface area contributed by atoms with E-state index in [2.05, 4.69) is 39.0 Å². The predicted molar refractivity (Wildman–Crippen MR) is 120 cm³/mol. The fourth-order valence-corrected chi connectivity index (χ4v) is 3.95. The molecule has 0 aliphatic carbocycles.